The standard InChI is InChI=1S/C13H25ClN4S/c1-5-15-12(10-19-6-2)13-11(14)9-16-18(13)8-7-17(3)4/h9,12,15H,5-8,10H2,1-4H3. The van der Waals surface area contributed by atoms with Crippen molar-refractivity contribution in [3.8, 4) is 0 Å². The van der Waals surface area contributed by atoms with Crippen molar-refractivity contribution < 1.29 is 0 Å². The van der Waals surface area contributed by atoms with Crippen molar-refractivity contribution >= 4 is 23.4 Å². The van der Waals surface area contributed by atoms with Crippen molar-refractivity contribution in [3.63, 3.8) is 0 Å². The zero-order valence-corrected chi connectivity index (χ0v) is 13.9. The SMILES string of the molecule is CCNC(CSCC)c1c(Cl)cnn1CCN(C)C. The van der Waals surface area contributed by atoms with Crippen molar-refractivity contribution in [2.75, 3.05) is 38.7 Å². The number of hydrogen-bond acceptors (Lipinski definition) is 4. The molecule has 0 aromatic carbocycles. The highest BCUT2D eigenvalue weighted by Crippen LogP contribution is 2.25. The van der Waals surface area contributed by atoms with Gasteiger partial charge in [0.1, 0.15) is 0 Å². The van der Waals surface area contributed by atoms with Crippen molar-refractivity contribution in [2.24, 2.45) is 0 Å². The van der Waals surface area contributed by atoms with E-state index >= 15 is 0 Å². The molecule has 0 radical (unpaired) electrons. The Labute approximate surface area is 125 Å². The molecule has 19 heavy (non-hydrogen) atoms. The second kappa shape index (κ2) is 8.84. The molecule has 0 aliphatic rings. The highest BCUT2D eigenvalue weighted by Gasteiger charge is 2.19. The summed E-state index contributed by atoms with van der Waals surface area (Å²) in [6.07, 6.45) is 1.76. The van der Waals surface area contributed by atoms with E-state index in [0.29, 0.717) is 0 Å². The maximum Gasteiger partial charge on any atom is 0.0834 e. The minimum atomic E-state index is 0.270. The molecular formula is C13H25ClN4S. The second-order valence-electron chi connectivity index (χ2n) is 4.67. The van der Waals surface area contributed by atoms with Crippen molar-refractivity contribution in [3.05, 3.63) is 16.9 Å². The van der Waals surface area contributed by atoms with Gasteiger partial charge in [-0.25, -0.2) is 0 Å². The van der Waals surface area contributed by atoms with E-state index in [0.717, 1.165) is 41.9 Å². The number of hydrogen-bond donors (Lipinski definition) is 1. The normalized spacial score (nSPS) is 13.2. The lowest BCUT2D eigenvalue weighted by Crippen LogP contribution is -2.28. The van der Waals surface area contributed by atoms with Crippen LogP contribution in [-0.2, 0) is 6.54 Å². The third-order valence-electron chi connectivity index (χ3n) is 2.86. The molecule has 0 saturated heterocycles. The summed E-state index contributed by atoms with van der Waals surface area (Å²) >= 11 is 8.25. The van der Waals surface area contributed by atoms with E-state index in [1.807, 2.05) is 16.4 Å². The Kier molecular flexibility index (Phi) is 7.83. The first kappa shape index (κ1) is 16.8. The number of nitrogens with zero attached hydrogens (tertiary/aromatic N) is 3. The van der Waals surface area contributed by atoms with Gasteiger partial charge in [0, 0.05) is 12.3 Å². The fourth-order valence-electron chi connectivity index (χ4n) is 1.91. The van der Waals surface area contributed by atoms with E-state index in [-0.39, 0.29) is 6.04 Å². The maximum atomic E-state index is 6.32. The Morgan fingerprint density at radius 2 is 2.21 bits per heavy atom. The Morgan fingerprint density at radius 3 is 2.79 bits per heavy atom. The van der Waals surface area contributed by atoms with E-state index in [4.69, 9.17) is 11.6 Å². The lowest BCUT2D eigenvalue weighted by atomic mass is 10.2. The van der Waals surface area contributed by atoms with Gasteiger partial charge >= 0.3 is 0 Å². The number of halogens is 1. The molecule has 0 bridgehead atoms. The molecule has 0 fully saturated rings. The molecule has 1 aromatic rings. The zero-order valence-electron chi connectivity index (χ0n) is 12.3. The van der Waals surface area contributed by atoms with Gasteiger partial charge in [-0.05, 0) is 26.4 Å². The molecular weight excluding hydrogens is 280 g/mol. The number of thioether (sulfide) groups is 1. The van der Waals surface area contributed by atoms with Crippen LogP contribution in [0, 0.1) is 0 Å². The van der Waals surface area contributed by atoms with Gasteiger partial charge in [0.25, 0.3) is 0 Å². The summed E-state index contributed by atoms with van der Waals surface area (Å²) < 4.78 is 2.03. The predicted octanol–water partition coefficient (Wildman–Crippen LogP) is 2.50. The van der Waals surface area contributed by atoms with Crippen LogP contribution in [0.1, 0.15) is 25.6 Å². The molecule has 1 N–H and O–H groups in total. The molecule has 0 spiro atoms. The molecule has 1 unspecified atom stereocenters. The quantitative estimate of drug-likeness (QED) is 0.760. The summed E-state index contributed by atoms with van der Waals surface area (Å²) in [6.45, 7) is 7.07. The largest absolute Gasteiger partial charge is 0.308 e. The Hall–Kier alpha value is -0.230. The molecule has 0 aliphatic heterocycles. The first-order valence-electron chi connectivity index (χ1n) is 6.77. The zero-order chi connectivity index (χ0) is 14.3. The number of likely N-dealkylation sites (N-methyl/N-ethyl adjacent to an activating group) is 1. The molecule has 110 valence electrons. The van der Waals surface area contributed by atoms with Crippen LogP contribution >= 0.6 is 23.4 Å². The summed E-state index contributed by atoms with van der Waals surface area (Å²) in [7, 11) is 4.14. The third-order valence-corrected chi connectivity index (χ3v) is 4.13. The molecule has 4 nitrogen and oxygen atoms in total. The van der Waals surface area contributed by atoms with Crippen LogP contribution < -0.4 is 5.32 Å². The minimum Gasteiger partial charge on any atom is -0.308 e. The van der Waals surface area contributed by atoms with E-state index < -0.39 is 0 Å². The summed E-state index contributed by atoms with van der Waals surface area (Å²) in [5, 5.41) is 8.68. The molecule has 6 heteroatoms. The lowest BCUT2D eigenvalue weighted by Gasteiger charge is -2.20. The van der Waals surface area contributed by atoms with E-state index in [2.05, 4.69) is 43.3 Å². The molecule has 0 saturated carbocycles. The number of rotatable bonds is 9. The molecule has 1 rings (SSSR count). The minimum absolute atomic E-state index is 0.270. The van der Waals surface area contributed by atoms with Crippen LogP contribution in [0.5, 0.6) is 0 Å². The average molecular weight is 305 g/mol. The first-order chi connectivity index (χ1) is 9.10. The Morgan fingerprint density at radius 1 is 1.47 bits per heavy atom. The van der Waals surface area contributed by atoms with Crippen molar-refractivity contribution in [1.82, 2.24) is 20.0 Å². The Bertz CT molecular complexity index is 368. The first-order valence-corrected chi connectivity index (χ1v) is 8.30. The van der Waals surface area contributed by atoms with Crippen LogP contribution in [0.2, 0.25) is 5.02 Å². The monoisotopic (exact) mass is 304 g/mol. The molecule has 1 aromatic heterocycles. The summed E-state index contributed by atoms with van der Waals surface area (Å²) in [5.74, 6) is 2.14. The van der Waals surface area contributed by atoms with Gasteiger partial charge in [0.15, 0.2) is 0 Å². The lowest BCUT2D eigenvalue weighted by molar-refractivity contribution is 0.364. The molecule has 1 atom stereocenters. The maximum absolute atomic E-state index is 6.32. The highest BCUT2D eigenvalue weighted by molar-refractivity contribution is 7.99. The van der Waals surface area contributed by atoms with Crippen molar-refractivity contribution in [1.29, 1.82) is 0 Å². The van der Waals surface area contributed by atoms with E-state index in [1.54, 1.807) is 6.20 Å². The second-order valence-corrected chi connectivity index (χ2v) is 6.40. The summed E-state index contributed by atoms with van der Waals surface area (Å²) in [6, 6.07) is 0.270. The Balaban J connectivity index is 2.83. The van der Waals surface area contributed by atoms with Crippen LogP contribution in [0.4, 0.5) is 0 Å². The van der Waals surface area contributed by atoms with E-state index in [1.165, 1.54) is 0 Å². The van der Waals surface area contributed by atoms with Gasteiger partial charge < -0.3 is 10.2 Å². The van der Waals surface area contributed by atoms with Gasteiger partial charge in [0.05, 0.1) is 29.5 Å². The highest BCUT2D eigenvalue weighted by atomic mass is 35.5. The van der Waals surface area contributed by atoms with Crippen LogP contribution in [0.15, 0.2) is 6.20 Å². The molecule has 0 amide bonds. The molecule has 0 aliphatic carbocycles. The third kappa shape index (κ3) is 5.34. The average Bonchev–Trinajstić information content (AvgIpc) is 2.73. The number of nitrogens with one attached hydrogen (secondary N) is 1. The van der Waals surface area contributed by atoms with Gasteiger partial charge in [-0.1, -0.05) is 25.4 Å². The summed E-state index contributed by atoms with van der Waals surface area (Å²) in [4.78, 5) is 2.16. The predicted molar refractivity (Wildman–Crippen MR) is 85.2 cm³/mol. The topological polar surface area (TPSA) is 33.1 Å². The number of aromatic nitrogens is 2. The van der Waals surface area contributed by atoms with E-state index in [9.17, 15) is 0 Å². The smallest absolute Gasteiger partial charge is 0.0834 e. The van der Waals surface area contributed by atoms with Gasteiger partial charge in [0.2, 0.25) is 0 Å². The molecule has 1 heterocycles. The van der Waals surface area contributed by atoms with Gasteiger partial charge in [-0.15, -0.1) is 0 Å². The summed E-state index contributed by atoms with van der Waals surface area (Å²) in [5.41, 5.74) is 1.12. The van der Waals surface area contributed by atoms with Crippen molar-refractivity contribution in [2.45, 2.75) is 26.4 Å². The van der Waals surface area contributed by atoms with Gasteiger partial charge in [-0.3, -0.25) is 4.68 Å². The fourth-order valence-corrected chi connectivity index (χ4v) is 2.93. The van der Waals surface area contributed by atoms with Crippen LogP contribution in [0.3, 0.4) is 0 Å². The van der Waals surface area contributed by atoms with Crippen LogP contribution in [0.25, 0.3) is 0 Å². The van der Waals surface area contributed by atoms with Crippen LogP contribution in [-0.4, -0.2) is 53.4 Å². The fraction of sp³-hybridized carbons (Fsp3) is 0.769. The van der Waals surface area contributed by atoms with Gasteiger partial charge in [-0.2, -0.15) is 16.9 Å².